The van der Waals surface area contributed by atoms with Crippen LogP contribution in [0.1, 0.15) is 75.0 Å². The van der Waals surface area contributed by atoms with Crippen LogP contribution in [0.25, 0.3) is 21.9 Å². The van der Waals surface area contributed by atoms with E-state index in [-0.39, 0.29) is 5.41 Å². The topological polar surface area (TPSA) is 0 Å². The number of aryl methyl sites for hydroxylation is 8. The van der Waals surface area contributed by atoms with Gasteiger partial charge in [0, 0.05) is 5.41 Å². The molecule has 0 aliphatic carbocycles. The quantitative estimate of drug-likeness (QED) is 0.293. The first-order chi connectivity index (χ1) is 15.8. The van der Waals surface area contributed by atoms with E-state index in [0.29, 0.717) is 0 Å². The third-order valence-electron chi connectivity index (χ3n) is 8.11. The average molecular weight is 449 g/mol. The summed E-state index contributed by atoms with van der Waals surface area (Å²) >= 11 is 0. The highest BCUT2D eigenvalue weighted by molar-refractivity contribution is 5.91. The molecule has 0 N–H and O–H groups in total. The Kier molecular flexibility index (Phi) is 6.01. The normalized spacial score (nSPS) is 12.0. The molecule has 0 spiro atoms. The maximum atomic E-state index is 2.43. The molecule has 0 fully saturated rings. The van der Waals surface area contributed by atoms with Crippen molar-refractivity contribution in [1.82, 2.24) is 0 Å². The summed E-state index contributed by atoms with van der Waals surface area (Å²) in [5, 5.41) is 2.78. The van der Waals surface area contributed by atoms with Crippen molar-refractivity contribution in [3.63, 3.8) is 0 Å². The first kappa shape index (κ1) is 24.3. The van der Waals surface area contributed by atoms with Crippen molar-refractivity contribution in [2.75, 3.05) is 0 Å². The zero-order chi connectivity index (χ0) is 25.1. The van der Waals surface area contributed by atoms with Crippen molar-refractivity contribution in [2.24, 2.45) is 0 Å². The van der Waals surface area contributed by atoms with Gasteiger partial charge in [0.15, 0.2) is 0 Å². The molecular formula is C34H40. The second kappa shape index (κ2) is 8.42. The highest BCUT2D eigenvalue weighted by atomic mass is 14.3. The van der Waals surface area contributed by atoms with Gasteiger partial charge in [-0.05, 0) is 140 Å². The molecule has 0 aliphatic heterocycles. The van der Waals surface area contributed by atoms with Crippen LogP contribution >= 0.6 is 0 Å². The molecule has 34 heavy (non-hydrogen) atoms. The SMILES string of the molecule is Cc1cc(C)c(-c2cc(C)c(C(C)(C)c3cc(C)c4c(C)c(C)c(C)cc4c3)c(C)c2)c(C)c1. The lowest BCUT2D eigenvalue weighted by Crippen LogP contribution is -2.22. The van der Waals surface area contributed by atoms with Gasteiger partial charge in [0.1, 0.15) is 0 Å². The molecular weight excluding hydrogens is 408 g/mol. The fourth-order valence-electron chi connectivity index (χ4n) is 6.50. The Bertz CT molecular complexity index is 1400. The molecule has 0 unspecified atom stereocenters. The maximum Gasteiger partial charge on any atom is 0.0152 e. The average Bonchev–Trinajstić information content (AvgIpc) is 2.70. The van der Waals surface area contributed by atoms with Crippen molar-refractivity contribution in [2.45, 2.75) is 81.6 Å². The first-order valence-corrected chi connectivity index (χ1v) is 12.5. The van der Waals surface area contributed by atoms with E-state index in [0.717, 1.165) is 0 Å². The van der Waals surface area contributed by atoms with Gasteiger partial charge in [0.2, 0.25) is 0 Å². The van der Waals surface area contributed by atoms with Gasteiger partial charge < -0.3 is 0 Å². The highest BCUT2D eigenvalue weighted by Gasteiger charge is 2.28. The van der Waals surface area contributed by atoms with Crippen molar-refractivity contribution in [1.29, 1.82) is 0 Å². The van der Waals surface area contributed by atoms with Crippen LogP contribution in [0.2, 0.25) is 0 Å². The Balaban J connectivity index is 1.90. The van der Waals surface area contributed by atoms with Gasteiger partial charge in [-0.3, -0.25) is 0 Å². The lowest BCUT2D eigenvalue weighted by Gasteiger charge is -2.31. The zero-order valence-corrected chi connectivity index (χ0v) is 23.0. The van der Waals surface area contributed by atoms with E-state index >= 15 is 0 Å². The van der Waals surface area contributed by atoms with E-state index in [2.05, 4.69) is 119 Å². The predicted octanol–water partition coefficient (Wildman–Crippen LogP) is 9.61. The van der Waals surface area contributed by atoms with E-state index < -0.39 is 0 Å². The summed E-state index contributed by atoms with van der Waals surface area (Å²) < 4.78 is 0. The smallest absolute Gasteiger partial charge is 0.0152 e. The fraction of sp³-hybridized carbons (Fsp3) is 0.353. The summed E-state index contributed by atoms with van der Waals surface area (Å²) in [5.41, 5.74) is 17.8. The molecule has 176 valence electrons. The van der Waals surface area contributed by atoms with Gasteiger partial charge in [0.25, 0.3) is 0 Å². The number of hydrogen-bond donors (Lipinski definition) is 0. The van der Waals surface area contributed by atoms with Gasteiger partial charge in [-0.25, -0.2) is 0 Å². The third kappa shape index (κ3) is 3.88. The van der Waals surface area contributed by atoms with Gasteiger partial charge in [0.05, 0.1) is 0 Å². The van der Waals surface area contributed by atoms with Crippen LogP contribution in [0.15, 0.2) is 42.5 Å². The Labute approximate surface area is 207 Å². The van der Waals surface area contributed by atoms with Crippen LogP contribution < -0.4 is 0 Å². The summed E-state index contributed by atoms with van der Waals surface area (Å²) in [7, 11) is 0. The van der Waals surface area contributed by atoms with E-state index in [1.807, 2.05) is 0 Å². The summed E-state index contributed by atoms with van der Waals surface area (Å²) in [5.74, 6) is 0. The van der Waals surface area contributed by atoms with Crippen LogP contribution in [0, 0.1) is 62.3 Å². The van der Waals surface area contributed by atoms with Crippen LogP contribution in [-0.4, -0.2) is 0 Å². The van der Waals surface area contributed by atoms with Gasteiger partial charge in [-0.1, -0.05) is 61.9 Å². The van der Waals surface area contributed by atoms with Crippen molar-refractivity contribution < 1.29 is 0 Å². The maximum absolute atomic E-state index is 2.43. The fourth-order valence-corrected chi connectivity index (χ4v) is 6.50. The summed E-state index contributed by atoms with van der Waals surface area (Å²) in [6.07, 6.45) is 0. The molecule has 0 heteroatoms. The van der Waals surface area contributed by atoms with E-state index in [4.69, 9.17) is 0 Å². The molecule has 0 saturated carbocycles. The molecule has 0 saturated heterocycles. The van der Waals surface area contributed by atoms with Crippen molar-refractivity contribution in [3.8, 4) is 11.1 Å². The molecule has 0 radical (unpaired) electrons. The van der Waals surface area contributed by atoms with E-state index in [1.54, 1.807) is 0 Å². The predicted molar refractivity (Wildman–Crippen MR) is 151 cm³/mol. The van der Waals surface area contributed by atoms with E-state index in [1.165, 1.54) is 83.1 Å². The number of rotatable bonds is 3. The standard InChI is InChI=1S/C34H40/c1-19-12-21(3)31(22(4)13-19)28-15-24(6)33(25(7)16-28)34(10,11)30-17-23(5)32-27(9)26(8)20(2)14-29(32)18-30/h12-18H,1-11H3. The molecule has 0 atom stereocenters. The molecule has 4 aromatic carbocycles. The molecule has 0 aliphatic rings. The molecule has 0 aromatic heterocycles. The first-order valence-electron chi connectivity index (χ1n) is 12.5. The molecule has 0 bridgehead atoms. The number of hydrogen-bond acceptors (Lipinski definition) is 0. The van der Waals surface area contributed by atoms with Crippen LogP contribution in [0.4, 0.5) is 0 Å². The molecule has 0 amide bonds. The Morgan fingerprint density at radius 2 is 1.06 bits per heavy atom. The molecule has 4 rings (SSSR count). The second-order valence-electron chi connectivity index (χ2n) is 11.2. The van der Waals surface area contributed by atoms with Crippen molar-refractivity contribution >= 4 is 10.8 Å². The summed E-state index contributed by atoms with van der Waals surface area (Å²) in [6.45, 7) is 25.0. The van der Waals surface area contributed by atoms with Gasteiger partial charge in [-0.2, -0.15) is 0 Å². The Hall–Kier alpha value is -2.86. The third-order valence-corrected chi connectivity index (χ3v) is 8.11. The van der Waals surface area contributed by atoms with Crippen LogP contribution in [-0.2, 0) is 5.41 Å². The van der Waals surface area contributed by atoms with Gasteiger partial charge in [-0.15, -0.1) is 0 Å². The Morgan fingerprint density at radius 3 is 1.62 bits per heavy atom. The van der Waals surface area contributed by atoms with Crippen molar-refractivity contribution in [3.05, 3.63) is 104 Å². The number of benzene rings is 4. The molecule has 0 nitrogen and oxygen atoms in total. The van der Waals surface area contributed by atoms with Crippen LogP contribution in [0.5, 0.6) is 0 Å². The minimum Gasteiger partial charge on any atom is -0.0557 e. The lowest BCUT2D eigenvalue weighted by atomic mass is 9.72. The molecule has 0 heterocycles. The molecule has 4 aromatic rings. The van der Waals surface area contributed by atoms with Crippen LogP contribution in [0.3, 0.4) is 0 Å². The second-order valence-corrected chi connectivity index (χ2v) is 11.2. The monoisotopic (exact) mass is 448 g/mol. The Morgan fingerprint density at radius 1 is 0.500 bits per heavy atom. The summed E-state index contributed by atoms with van der Waals surface area (Å²) in [4.78, 5) is 0. The highest BCUT2D eigenvalue weighted by Crippen LogP contribution is 2.41. The largest absolute Gasteiger partial charge is 0.0557 e. The summed E-state index contributed by atoms with van der Waals surface area (Å²) in [6, 6.07) is 16.6. The number of fused-ring (bicyclic) bond motifs is 1. The lowest BCUT2D eigenvalue weighted by molar-refractivity contribution is 0.631. The minimum atomic E-state index is -0.0876. The van der Waals surface area contributed by atoms with E-state index in [9.17, 15) is 0 Å². The minimum absolute atomic E-state index is 0.0876. The van der Waals surface area contributed by atoms with Gasteiger partial charge >= 0.3 is 0 Å². The zero-order valence-electron chi connectivity index (χ0n) is 23.0.